The summed E-state index contributed by atoms with van der Waals surface area (Å²) in [6.07, 6.45) is 5.16. The van der Waals surface area contributed by atoms with Gasteiger partial charge in [-0.1, -0.05) is 61.7 Å². The van der Waals surface area contributed by atoms with E-state index >= 15 is 0 Å². The number of hydrogen-bond acceptors (Lipinski definition) is 4. The fourth-order valence-electron chi connectivity index (χ4n) is 3.77. The van der Waals surface area contributed by atoms with Crippen molar-refractivity contribution in [3.8, 4) is 0 Å². The first-order valence-corrected chi connectivity index (χ1v) is 12.2. The number of rotatable bonds is 9. The molecule has 0 saturated heterocycles. The molecule has 7 nitrogen and oxygen atoms in total. The van der Waals surface area contributed by atoms with Gasteiger partial charge in [0.15, 0.2) is 0 Å². The maximum atomic E-state index is 14.1. The number of sulfonamides is 1. The van der Waals surface area contributed by atoms with Crippen molar-refractivity contribution >= 4 is 21.8 Å². The minimum Gasteiger partial charge on any atom is -0.352 e. The lowest BCUT2D eigenvalue weighted by Crippen LogP contribution is -2.50. The zero-order valence-electron chi connectivity index (χ0n) is 17.7. The average molecular weight is 462 g/mol. The van der Waals surface area contributed by atoms with Crippen molar-refractivity contribution in [1.29, 1.82) is 0 Å². The first-order valence-electron chi connectivity index (χ1n) is 10.7. The third kappa shape index (κ3) is 6.86. The highest BCUT2D eigenvalue weighted by atomic mass is 32.2. The molecule has 0 radical (unpaired) electrons. The lowest BCUT2D eigenvalue weighted by molar-refractivity contribution is -0.127. The van der Waals surface area contributed by atoms with Crippen molar-refractivity contribution in [2.24, 2.45) is 0 Å². The molecule has 0 heterocycles. The summed E-state index contributed by atoms with van der Waals surface area (Å²) >= 11 is 0. The van der Waals surface area contributed by atoms with Crippen LogP contribution in [0.2, 0.25) is 0 Å². The second-order valence-corrected chi connectivity index (χ2v) is 9.60. The van der Waals surface area contributed by atoms with E-state index in [1.54, 1.807) is 30.3 Å². The van der Waals surface area contributed by atoms with Gasteiger partial charge in [-0.05, 0) is 37.0 Å². The maximum absolute atomic E-state index is 14.1. The molecule has 0 spiro atoms. The van der Waals surface area contributed by atoms with E-state index in [2.05, 4.69) is 15.4 Å². The molecule has 3 rings (SSSR count). The highest BCUT2D eigenvalue weighted by Gasteiger charge is 2.28. The fraction of sp³-hybridized carbons (Fsp3) is 0.391. The van der Waals surface area contributed by atoms with Crippen molar-refractivity contribution < 1.29 is 22.4 Å². The van der Waals surface area contributed by atoms with Crippen LogP contribution in [0, 0.1) is 5.82 Å². The van der Waals surface area contributed by atoms with Gasteiger partial charge < -0.3 is 10.6 Å². The SMILES string of the molecule is O=C(CNC(=O)[C@H](Cc1ccccc1)NS(=O)(=O)c1ccccc1F)NC1CCCCC1. The first kappa shape index (κ1) is 23.9. The molecule has 1 aliphatic rings. The molecule has 9 heteroatoms. The Bertz CT molecular complexity index is 1020. The molecule has 32 heavy (non-hydrogen) atoms. The predicted octanol–water partition coefficient (Wildman–Crippen LogP) is 2.28. The van der Waals surface area contributed by atoms with Crippen molar-refractivity contribution in [3.63, 3.8) is 0 Å². The number of halogens is 1. The highest BCUT2D eigenvalue weighted by Crippen LogP contribution is 2.17. The minimum absolute atomic E-state index is 0.0462. The van der Waals surface area contributed by atoms with Gasteiger partial charge in [-0.2, -0.15) is 4.72 Å². The summed E-state index contributed by atoms with van der Waals surface area (Å²) in [5.74, 6) is -1.89. The van der Waals surface area contributed by atoms with E-state index in [1.807, 2.05) is 0 Å². The molecule has 0 unspecified atom stereocenters. The zero-order chi connectivity index (χ0) is 23.0. The number of amides is 2. The molecular weight excluding hydrogens is 433 g/mol. The van der Waals surface area contributed by atoms with Crippen LogP contribution in [-0.2, 0) is 26.0 Å². The van der Waals surface area contributed by atoms with Gasteiger partial charge in [0, 0.05) is 6.04 Å². The molecule has 0 aliphatic heterocycles. The number of benzene rings is 2. The van der Waals surface area contributed by atoms with E-state index in [1.165, 1.54) is 12.1 Å². The summed E-state index contributed by atoms with van der Waals surface area (Å²) in [5, 5.41) is 5.41. The third-order valence-electron chi connectivity index (χ3n) is 5.42. The van der Waals surface area contributed by atoms with Crippen LogP contribution in [0.15, 0.2) is 59.5 Å². The molecule has 0 bridgehead atoms. The van der Waals surface area contributed by atoms with Gasteiger partial charge >= 0.3 is 0 Å². The van der Waals surface area contributed by atoms with Crippen LogP contribution in [0.4, 0.5) is 4.39 Å². The summed E-state index contributed by atoms with van der Waals surface area (Å²) in [4.78, 5) is 24.5. The van der Waals surface area contributed by atoms with Crippen molar-refractivity contribution in [2.75, 3.05) is 6.54 Å². The topological polar surface area (TPSA) is 104 Å². The zero-order valence-corrected chi connectivity index (χ0v) is 18.5. The number of hydrogen-bond donors (Lipinski definition) is 3. The van der Waals surface area contributed by atoms with Crippen molar-refractivity contribution in [2.45, 2.75) is 55.5 Å². The lowest BCUT2D eigenvalue weighted by atomic mass is 9.95. The summed E-state index contributed by atoms with van der Waals surface area (Å²) in [6.45, 7) is -0.262. The molecule has 2 amide bonds. The Morgan fingerprint density at radius 3 is 2.31 bits per heavy atom. The summed E-state index contributed by atoms with van der Waals surface area (Å²) in [7, 11) is -4.30. The Kier molecular flexibility index (Phi) is 8.35. The van der Waals surface area contributed by atoms with Crippen molar-refractivity contribution in [1.82, 2.24) is 15.4 Å². The van der Waals surface area contributed by atoms with E-state index in [0.29, 0.717) is 0 Å². The predicted molar refractivity (Wildman–Crippen MR) is 119 cm³/mol. The van der Waals surface area contributed by atoms with Crippen LogP contribution in [0.5, 0.6) is 0 Å². The van der Waals surface area contributed by atoms with Gasteiger partial charge in [-0.3, -0.25) is 9.59 Å². The van der Waals surface area contributed by atoms with Gasteiger partial charge in [0.1, 0.15) is 16.8 Å². The van der Waals surface area contributed by atoms with E-state index in [9.17, 15) is 22.4 Å². The number of carbonyl (C=O) groups excluding carboxylic acids is 2. The standard InChI is InChI=1S/C23H28FN3O4S/c24-19-13-7-8-14-21(19)32(30,31)27-20(15-17-9-3-1-4-10-17)23(29)25-16-22(28)26-18-11-5-2-6-12-18/h1,3-4,7-10,13-14,18,20,27H,2,5-6,11-12,15-16H2,(H,25,29)(H,26,28)/t20-/m0/s1. The summed E-state index contributed by atoms with van der Waals surface area (Å²) < 4.78 is 41.9. The highest BCUT2D eigenvalue weighted by molar-refractivity contribution is 7.89. The van der Waals surface area contributed by atoms with E-state index in [-0.39, 0.29) is 24.9 Å². The van der Waals surface area contributed by atoms with Crippen LogP contribution in [0.25, 0.3) is 0 Å². The Morgan fingerprint density at radius 1 is 0.969 bits per heavy atom. The van der Waals surface area contributed by atoms with Crippen molar-refractivity contribution in [3.05, 3.63) is 66.0 Å². The Morgan fingerprint density at radius 2 is 1.62 bits per heavy atom. The molecule has 2 aromatic rings. The van der Waals surface area contributed by atoms with Crippen LogP contribution < -0.4 is 15.4 Å². The largest absolute Gasteiger partial charge is 0.352 e. The van der Waals surface area contributed by atoms with Gasteiger partial charge in [0.05, 0.1) is 6.54 Å². The smallest absolute Gasteiger partial charge is 0.244 e. The Balaban J connectivity index is 1.68. The molecule has 1 saturated carbocycles. The molecule has 1 aliphatic carbocycles. The van der Waals surface area contributed by atoms with Crippen LogP contribution in [-0.4, -0.2) is 38.9 Å². The molecule has 1 fully saturated rings. The molecule has 0 aromatic heterocycles. The summed E-state index contributed by atoms with van der Waals surface area (Å²) in [6, 6.07) is 12.7. The van der Waals surface area contributed by atoms with Crippen LogP contribution >= 0.6 is 0 Å². The van der Waals surface area contributed by atoms with Gasteiger partial charge in [-0.25, -0.2) is 12.8 Å². The quantitative estimate of drug-likeness (QED) is 0.533. The molecule has 1 atom stereocenters. The Hall–Kier alpha value is -2.78. The second-order valence-electron chi connectivity index (χ2n) is 7.91. The van der Waals surface area contributed by atoms with Crippen LogP contribution in [0.1, 0.15) is 37.7 Å². The second kappa shape index (κ2) is 11.2. The molecular formula is C23H28FN3O4S. The molecule has 2 aromatic carbocycles. The number of carbonyl (C=O) groups is 2. The maximum Gasteiger partial charge on any atom is 0.244 e. The van der Waals surface area contributed by atoms with Gasteiger partial charge in [0.25, 0.3) is 0 Å². The molecule has 3 N–H and O–H groups in total. The monoisotopic (exact) mass is 461 g/mol. The van der Waals surface area contributed by atoms with E-state index < -0.39 is 32.7 Å². The molecule has 172 valence electrons. The fourth-order valence-corrected chi connectivity index (χ4v) is 5.04. The lowest BCUT2D eigenvalue weighted by Gasteiger charge is -2.23. The normalized spacial score (nSPS) is 15.7. The Labute approximate surface area is 187 Å². The van der Waals surface area contributed by atoms with Crippen LogP contribution in [0.3, 0.4) is 0 Å². The first-order chi connectivity index (χ1) is 15.3. The van der Waals surface area contributed by atoms with E-state index in [0.717, 1.165) is 49.8 Å². The third-order valence-corrected chi connectivity index (χ3v) is 6.92. The van der Waals surface area contributed by atoms with Gasteiger partial charge in [0.2, 0.25) is 21.8 Å². The number of nitrogens with one attached hydrogen (secondary N) is 3. The average Bonchev–Trinajstić information content (AvgIpc) is 2.78. The van der Waals surface area contributed by atoms with E-state index in [4.69, 9.17) is 0 Å². The van der Waals surface area contributed by atoms with Gasteiger partial charge in [-0.15, -0.1) is 0 Å². The minimum atomic E-state index is -4.30. The summed E-state index contributed by atoms with van der Waals surface area (Å²) in [5.41, 5.74) is 0.718.